The molecule has 0 aliphatic carbocycles. The van der Waals surface area contributed by atoms with Crippen molar-refractivity contribution in [3.8, 4) is 11.5 Å². The lowest BCUT2D eigenvalue weighted by atomic mass is 10.1. The molecular formula is C15H14F3NO2. The van der Waals surface area contributed by atoms with Crippen molar-refractivity contribution in [2.75, 3.05) is 0 Å². The van der Waals surface area contributed by atoms with E-state index in [2.05, 4.69) is 4.74 Å². The fourth-order valence-electron chi connectivity index (χ4n) is 1.79. The van der Waals surface area contributed by atoms with E-state index in [4.69, 9.17) is 10.5 Å². The van der Waals surface area contributed by atoms with Crippen molar-refractivity contribution in [1.82, 2.24) is 0 Å². The normalized spacial score (nSPS) is 11.2. The summed E-state index contributed by atoms with van der Waals surface area (Å²) in [6, 6.07) is 13.0. The van der Waals surface area contributed by atoms with E-state index in [1.54, 1.807) is 6.07 Å². The highest BCUT2D eigenvalue weighted by molar-refractivity contribution is 5.39. The first-order valence-electron chi connectivity index (χ1n) is 6.23. The van der Waals surface area contributed by atoms with E-state index in [0.717, 1.165) is 11.1 Å². The molecule has 0 spiro atoms. The molecular weight excluding hydrogens is 283 g/mol. The number of hydrogen-bond acceptors (Lipinski definition) is 3. The Morgan fingerprint density at radius 1 is 0.905 bits per heavy atom. The van der Waals surface area contributed by atoms with Gasteiger partial charge in [0.1, 0.15) is 6.61 Å². The molecule has 3 nitrogen and oxygen atoms in total. The summed E-state index contributed by atoms with van der Waals surface area (Å²) >= 11 is 0. The maximum absolute atomic E-state index is 12.3. The molecule has 112 valence electrons. The van der Waals surface area contributed by atoms with E-state index in [-0.39, 0.29) is 18.1 Å². The third-order valence-corrected chi connectivity index (χ3v) is 2.70. The Morgan fingerprint density at radius 3 is 2.24 bits per heavy atom. The topological polar surface area (TPSA) is 44.5 Å². The number of nitrogens with two attached hydrogens (primary N) is 1. The lowest BCUT2D eigenvalue weighted by molar-refractivity contribution is -0.275. The Labute approximate surface area is 120 Å². The van der Waals surface area contributed by atoms with Gasteiger partial charge in [-0.1, -0.05) is 36.4 Å². The highest BCUT2D eigenvalue weighted by atomic mass is 19.4. The highest BCUT2D eigenvalue weighted by Crippen LogP contribution is 2.32. The van der Waals surface area contributed by atoms with Crippen molar-refractivity contribution in [2.45, 2.75) is 19.5 Å². The van der Waals surface area contributed by atoms with Gasteiger partial charge in [-0.15, -0.1) is 13.2 Å². The molecule has 0 aliphatic rings. The molecule has 0 aliphatic heterocycles. The van der Waals surface area contributed by atoms with Gasteiger partial charge in [-0.05, 0) is 23.3 Å². The summed E-state index contributed by atoms with van der Waals surface area (Å²) < 4.78 is 46.2. The molecule has 2 aromatic carbocycles. The zero-order valence-electron chi connectivity index (χ0n) is 11.1. The van der Waals surface area contributed by atoms with Crippen molar-refractivity contribution in [2.24, 2.45) is 5.73 Å². The van der Waals surface area contributed by atoms with Crippen LogP contribution < -0.4 is 15.2 Å². The molecule has 2 N–H and O–H groups in total. The minimum atomic E-state index is -4.75. The summed E-state index contributed by atoms with van der Waals surface area (Å²) in [5, 5.41) is 0. The van der Waals surface area contributed by atoms with Crippen molar-refractivity contribution in [3.05, 3.63) is 59.7 Å². The van der Waals surface area contributed by atoms with Crippen LogP contribution in [0.5, 0.6) is 11.5 Å². The largest absolute Gasteiger partial charge is 0.573 e. The maximum atomic E-state index is 12.3. The minimum absolute atomic E-state index is 0.0352. The molecule has 0 atom stereocenters. The zero-order chi connectivity index (χ0) is 15.3. The summed E-state index contributed by atoms with van der Waals surface area (Å²) in [5.74, 6) is -0.326. The average molecular weight is 297 g/mol. The lowest BCUT2D eigenvalue weighted by Crippen LogP contribution is -2.17. The van der Waals surface area contributed by atoms with Crippen LogP contribution in [0.25, 0.3) is 0 Å². The fraction of sp³-hybridized carbons (Fsp3) is 0.200. The minimum Gasteiger partial charge on any atom is -0.485 e. The molecule has 0 unspecified atom stereocenters. The van der Waals surface area contributed by atoms with Gasteiger partial charge in [-0.3, -0.25) is 0 Å². The van der Waals surface area contributed by atoms with Crippen LogP contribution in [0.3, 0.4) is 0 Å². The first kappa shape index (κ1) is 15.2. The Bertz CT molecular complexity index is 599. The molecule has 0 radical (unpaired) electrons. The SMILES string of the molecule is NCc1cccc(COc2ccccc2OC(F)(F)F)c1. The fourth-order valence-corrected chi connectivity index (χ4v) is 1.79. The number of ether oxygens (including phenoxy) is 2. The summed E-state index contributed by atoms with van der Waals surface area (Å²) in [4.78, 5) is 0. The summed E-state index contributed by atoms with van der Waals surface area (Å²) in [7, 11) is 0. The molecule has 0 aromatic heterocycles. The number of rotatable bonds is 5. The van der Waals surface area contributed by atoms with E-state index in [9.17, 15) is 13.2 Å². The van der Waals surface area contributed by atoms with Gasteiger partial charge in [0.25, 0.3) is 0 Å². The lowest BCUT2D eigenvalue weighted by Gasteiger charge is -2.14. The van der Waals surface area contributed by atoms with Gasteiger partial charge < -0.3 is 15.2 Å². The molecule has 0 bridgehead atoms. The van der Waals surface area contributed by atoms with Crippen molar-refractivity contribution in [3.63, 3.8) is 0 Å². The quantitative estimate of drug-likeness (QED) is 0.916. The van der Waals surface area contributed by atoms with Gasteiger partial charge in [0.2, 0.25) is 0 Å². The molecule has 0 fully saturated rings. The third kappa shape index (κ3) is 4.68. The predicted octanol–water partition coefficient (Wildman–Crippen LogP) is 3.62. The zero-order valence-corrected chi connectivity index (χ0v) is 11.1. The second-order valence-electron chi connectivity index (χ2n) is 4.31. The van der Waals surface area contributed by atoms with Gasteiger partial charge in [0, 0.05) is 6.54 Å². The van der Waals surface area contributed by atoms with Crippen LogP contribution in [0.2, 0.25) is 0 Å². The summed E-state index contributed by atoms with van der Waals surface area (Å²) in [5.41, 5.74) is 7.28. The third-order valence-electron chi connectivity index (χ3n) is 2.70. The number of hydrogen-bond donors (Lipinski definition) is 1. The van der Waals surface area contributed by atoms with Gasteiger partial charge in [0.15, 0.2) is 11.5 Å². The Balaban J connectivity index is 2.09. The number of benzene rings is 2. The molecule has 2 rings (SSSR count). The van der Waals surface area contributed by atoms with Crippen LogP contribution in [-0.4, -0.2) is 6.36 Å². The van der Waals surface area contributed by atoms with Crippen LogP contribution in [0, 0.1) is 0 Å². The molecule has 0 saturated heterocycles. The molecule has 2 aromatic rings. The number of para-hydroxylation sites is 2. The monoisotopic (exact) mass is 297 g/mol. The van der Waals surface area contributed by atoms with E-state index in [1.807, 2.05) is 24.3 Å². The van der Waals surface area contributed by atoms with Gasteiger partial charge in [-0.25, -0.2) is 0 Å². The van der Waals surface area contributed by atoms with Crippen LogP contribution in [0.1, 0.15) is 11.1 Å². The number of halogens is 3. The first-order valence-corrected chi connectivity index (χ1v) is 6.23. The van der Waals surface area contributed by atoms with E-state index < -0.39 is 6.36 Å². The van der Waals surface area contributed by atoms with E-state index in [1.165, 1.54) is 18.2 Å². The molecule has 6 heteroatoms. The summed E-state index contributed by atoms with van der Waals surface area (Å²) in [6.45, 7) is 0.522. The van der Waals surface area contributed by atoms with Gasteiger partial charge in [0.05, 0.1) is 0 Å². The van der Waals surface area contributed by atoms with Crippen molar-refractivity contribution >= 4 is 0 Å². The molecule has 0 heterocycles. The molecule has 0 amide bonds. The Hall–Kier alpha value is -2.21. The van der Waals surface area contributed by atoms with Crippen LogP contribution in [0.4, 0.5) is 13.2 Å². The van der Waals surface area contributed by atoms with Crippen molar-refractivity contribution in [1.29, 1.82) is 0 Å². The first-order chi connectivity index (χ1) is 9.98. The predicted molar refractivity (Wildman–Crippen MR) is 71.8 cm³/mol. The highest BCUT2D eigenvalue weighted by Gasteiger charge is 2.32. The summed E-state index contributed by atoms with van der Waals surface area (Å²) in [6.07, 6.45) is -4.75. The van der Waals surface area contributed by atoms with Crippen LogP contribution in [0.15, 0.2) is 48.5 Å². The van der Waals surface area contributed by atoms with Crippen LogP contribution >= 0.6 is 0 Å². The van der Waals surface area contributed by atoms with Gasteiger partial charge >= 0.3 is 6.36 Å². The van der Waals surface area contributed by atoms with Gasteiger partial charge in [-0.2, -0.15) is 0 Å². The van der Waals surface area contributed by atoms with E-state index in [0.29, 0.717) is 6.54 Å². The smallest absolute Gasteiger partial charge is 0.485 e. The second-order valence-corrected chi connectivity index (χ2v) is 4.31. The average Bonchev–Trinajstić information content (AvgIpc) is 2.45. The Kier molecular flexibility index (Phi) is 4.70. The Morgan fingerprint density at radius 2 is 1.57 bits per heavy atom. The van der Waals surface area contributed by atoms with Crippen molar-refractivity contribution < 1.29 is 22.6 Å². The van der Waals surface area contributed by atoms with Crippen LogP contribution in [-0.2, 0) is 13.2 Å². The second kappa shape index (κ2) is 6.49. The molecule has 0 saturated carbocycles. The standard InChI is InChI=1S/C15H14F3NO2/c16-15(17,18)21-14-7-2-1-6-13(14)20-10-12-5-3-4-11(8-12)9-19/h1-8H,9-10,19H2. The molecule has 21 heavy (non-hydrogen) atoms. The van der Waals surface area contributed by atoms with E-state index >= 15 is 0 Å². The maximum Gasteiger partial charge on any atom is 0.573 e. The number of alkyl halides is 3.